The summed E-state index contributed by atoms with van der Waals surface area (Å²) in [4.78, 5) is 26.7. The van der Waals surface area contributed by atoms with Gasteiger partial charge in [0.15, 0.2) is 0 Å². The van der Waals surface area contributed by atoms with Crippen molar-refractivity contribution in [2.75, 3.05) is 25.6 Å². The summed E-state index contributed by atoms with van der Waals surface area (Å²) in [5.74, 6) is 0.715. The maximum atomic E-state index is 12.7. The van der Waals surface area contributed by atoms with Crippen LogP contribution in [-0.2, 0) is 11.3 Å². The van der Waals surface area contributed by atoms with E-state index < -0.39 is 0 Å². The van der Waals surface area contributed by atoms with Gasteiger partial charge in [-0.15, -0.1) is 0 Å². The molecule has 0 unspecified atom stereocenters. The van der Waals surface area contributed by atoms with E-state index in [4.69, 9.17) is 4.74 Å². The highest BCUT2D eigenvalue weighted by molar-refractivity contribution is 9.10. The minimum absolute atomic E-state index is 0.0247. The Labute approximate surface area is 150 Å². The van der Waals surface area contributed by atoms with Gasteiger partial charge in [0.1, 0.15) is 12.0 Å². The number of benzene rings is 2. The highest BCUT2D eigenvalue weighted by Crippen LogP contribution is 2.20. The Morgan fingerprint density at radius 1 is 1.21 bits per heavy atom. The van der Waals surface area contributed by atoms with E-state index in [0.29, 0.717) is 12.3 Å². The lowest BCUT2D eigenvalue weighted by Gasteiger charge is -2.27. The summed E-state index contributed by atoms with van der Waals surface area (Å²) in [7, 11) is 3.28. The average molecular weight is 391 g/mol. The molecule has 6 heteroatoms. The number of anilines is 1. The molecule has 0 fully saturated rings. The predicted molar refractivity (Wildman–Crippen MR) is 97.4 cm³/mol. The van der Waals surface area contributed by atoms with E-state index in [2.05, 4.69) is 15.9 Å². The lowest BCUT2D eigenvalue weighted by Crippen LogP contribution is -2.41. The van der Waals surface area contributed by atoms with E-state index in [0.717, 1.165) is 22.0 Å². The maximum absolute atomic E-state index is 12.7. The molecule has 24 heavy (non-hydrogen) atoms. The van der Waals surface area contributed by atoms with E-state index in [-0.39, 0.29) is 12.6 Å². The number of hydrogen-bond acceptors (Lipinski definition) is 3. The molecule has 5 nitrogen and oxygen atoms in total. The molecule has 0 aliphatic heterocycles. The highest BCUT2D eigenvalue weighted by Gasteiger charge is 2.19. The molecule has 0 aromatic heterocycles. The number of ether oxygens (including phenoxy) is 1. The van der Waals surface area contributed by atoms with Crippen molar-refractivity contribution in [2.45, 2.75) is 6.54 Å². The summed E-state index contributed by atoms with van der Waals surface area (Å²) in [6, 6.07) is 14.6. The van der Waals surface area contributed by atoms with Crippen LogP contribution in [0.4, 0.5) is 10.5 Å². The highest BCUT2D eigenvalue weighted by atomic mass is 79.9. The van der Waals surface area contributed by atoms with Crippen molar-refractivity contribution in [1.29, 1.82) is 0 Å². The second-order valence-electron chi connectivity index (χ2n) is 5.22. The Bertz CT molecular complexity index is 704. The summed E-state index contributed by atoms with van der Waals surface area (Å²) in [5.41, 5.74) is 1.65. The number of nitrogens with zero attached hydrogens (tertiary/aromatic N) is 2. The van der Waals surface area contributed by atoms with Crippen LogP contribution in [0.1, 0.15) is 5.56 Å². The number of methoxy groups -OCH3 is 1. The smallest absolute Gasteiger partial charge is 0.324 e. The minimum Gasteiger partial charge on any atom is -0.497 e. The Kier molecular flexibility index (Phi) is 6.37. The Balaban J connectivity index is 2.17. The maximum Gasteiger partial charge on any atom is 0.324 e. The second kappa shape index (κ2) is 8.49. The molecule has 2 aromatic rings. The SMILES string of the molecule is COc1cccc(CN(CC=O)C(=O)N(C)c2ccc(Br)cc2)c1. The van der Waals surface area contributed by atoms with Gasteiger partial charge in [-0.25, -0.2) is 4.79 Å². The van der Waals surface area contributed by atoms with Crippen molar-refractivity contribution in [3.8, 4) is 5.75 Å². The van der Waals surface area contributed by atoms with E-state index in [1.165, 1.54) is 9.80 Å². The quantitative estimate of drug-likeness (QED) is 0.706. The van der Waals surface area contributed by atoms with Crippen molar-refractivity contribution in [3.63, 3.8) is 0 Å². The Morgan fingerprint density at radius 2 is 1.92 bits per heavy atom. The summed E-state index contributed by atoms with van der Waals surface area (Å²) in [5, 5.41) is 0. The summed E-state index contributed by atoms with van der Waals surface area (Å²) < 4.78 is 6.14. The van der Waals surface area contributed by atoms with Gasteiger partial charge in [-0.3, -0.25) is 4.90 Å². The first kappa shape index (κ1) is 18.0. The van der Waals surface area contributed by atoms with Crippen molar-refractivity contribution in [2.24, 2.45) is 0 Å². The molecule has 0 N–H and O–H groups in total. The second-order valence-corrected chi connectivity index (χ2v) is 6.13. The van der Waals surface area contributed by atoms with Gasteiger partial charge in [0, 0.05) is 23.8 Å². The van der Waals surface area contributed by atoms with Crippen LogP contribution >= 0.6 is 15.9 Å². The standard InChI is InChI=1S/C18H19BrN2O3/c1-20(16-8-6-15(19)7-9-16)18(23)21(10-11-22)13-14-4-3-5-17(12-14)24-2/h3-9,11-12H,10,13H2,1-2H3. The third kappa shape index (κ3) is 4.58. The molecule has 2 rings (SSSR count). The number of urea groups is 1. The zero-order chi connectivity index (χ0) is 17.5. The summed E-state index contributed by atoms with van der Waals surface area (Å²) in [6.07, 6.45) is 0.730. The first-order valence-electron chi connectivity index (χ1n) is 7.40. The van der Waals surface area contributed by atoms with Crippen molar-refractivity contribution < 1.29 is 14.3 Å². The largest absolute Gasteiger partial charge is 0.497 e. The van der Waals surface area contributed by atoms with Crippen LogP contribution in [0.5, 0.6) is 5.75 Å². The molecule has 126 valence electrons. The van der Waals surface area contributed by atoms with Crippen molar-refractivity contribution in [1.82, 2.24) is 4.90 Å². The molecule has 0 aliphatic carbocycles. The monoisotopic (exact) mass is 390 g/mol. The van der Waals surface area contributed by atoms with Crippen LogP contribution < -0.4 is 9.64 Å². The Hall–Kier alpha value is -2.34. The minimum atomic E-state index is -0.243. The number of halogens is 1. The molecule has 2 aromatic carbocycles. The third-order valence-electron chi connectivity index (χ3n) is 3.57. The number of carbonyl (C=O) groups excluding carboxylic acids is 2. The van der Waals surface area contributed by atoms with Crippen LogP contribution in [0.2, 0.25) is 0 Å². The van der Waals surface area contributed by atoms with E-state index in [1.54, 1.807) is 14.2 Å². The number of rotatable bonds is 6. The van der Waals surface area contributed by atoms with Gasteiger partial charge >= 0.3 is 6.03 Å². The zero-order valence-corrected chi connectivity index (χ0v) is 15.2. The first-order valence-corrected chi connectivity index (χ1v) is 8.19. The number of hydrogen-bond donors (Lipinski definition) is 0. The molecule has 0 heterocycles. The fraction of sp³-hybridized carbons (Fsp3) is 0.222. The molecule has 0 aliphatic rings. The van der Waals surface area contributed by atoms with Crippen LogP contribution in [-0.4, -0.2) is 37.9 Å². The fourth-order valence-electron chi connectivity index (χ4n) is 2.28. The molecular weight excluding hydrogens is 372 g/mol. The van der Waals surface area contributed by atoms with Crippen LogP contribution in [0.25, 0.3) is 0 Å². The molecule has 0 atom stereocenters. The molecule has 0 spiro atoms. The lowest BCUT2D eigenvalue weighted by molar-refractivity contribution is -0.108. The lowest BCUT2D eigenvalue weighted by atomic mass is 10.2. The van der Waals surface area contributed by atoms with Gasteiger partial charge in [-0.05, 0) is 42.0 Å². The van der Waals surface area contributed by atoms with Crippen molar-refractivity contribution in [3.05, 3.63) is 58.6 Å². The number of aldehydes is 1. The zero-order valence-electron chi connectivity index (χ0n) is 13.6. The molecule has 0 radical (unpaired) electrons. The van der Waals surface area contributed by atoms with Crippen LogP contribution in [0.3, 0.4) is 0 Å². The molecule has 0 saturated carbocycles. The normalized spacial score (nSPS) is 10.1. The summed E-state index contributed by atoms with van der Waals surface area (Å²) in [6.45, 7) is 0.354. The topological polar surface area (TPSA) is 49.9 Å². The van der Waals surface area contributed by atoms with E-state index >= 15 is 0 Å². The number of amides is 2. The molecule has 0 bridgehead atoms. The van der Waals surface area contributed by atoms with Crippen LogP contribution in [0, 0.1) is 0 Å². The van der Waals surface area contributed by atoms with E-state index in [1.807, 2.05) is 48.5 Å². The molecule has 2 amide bonds. The van der Waals surface area contributed by atoms with Gasteiger partial charge in [-0.1, -0.05) is 28.1 Å². The third-order valence-corrected chi connectivity index (χ3v) is 4.10. The van der Waals surface area contributed by atoms with Gasteiger partial charge in [0.25, 0.3) is 0 Å². The number of carbonyl (C=O) groups is 2. The fourth-order valence-corrected chi connectivity index (χ4v) is 2.54. The van der Waals surface area contributed by atoms with Gasteiger partial charge in [0.05, 0.1) is 13.7 Å². The summed E-state index contributed by atoms with van der Waals surface area (Å²) >= 11 is 3.37. The van der Waals surface area contributed by atoms with Crippen molar-refractivity contribution >= 4 is 33.9 Å². The van der Waals surface area contributed by atoms with Gasteiger partial charge < -0.3 is 14.4 Å². The Morgan fingerprint density at radius 3 is 2.54 bits per heavy atom. The van der Waals surface area contributed by atoms with Gasteiger partial charge in [-0.2, -0.15) is 0 Å². The predicted octanol–water partition coefficient (Wildman–Crippen LogP) is 3.72. The molecule has 0 saturated heterocycles. The van der Waals surface area contributed by atoms with Gasteiger partial charge in [0.2, 0.25) is 0 Å². The van der Waals surface area contributed by atoms with E-state index in [9.17, 15) is 9.59 Å². The first-order chi connectivity index (χ1) is 11.5. The van der Waals surface area contributed by atoms with Crippen LogP contribution in [0.15, 0.2) is 53.0 Å². The average Bonchev–Trinajstić information content (AvgIpc) is 2.61. The molecular formula is C18H19BrN2O3.